The summed E-state index contributed by atoms with van der Waals surface area (Å²) in [5.41, 5.74) is 17.0. The number of hydrogen-bond donors (Lipinski definition) is 8. The quantitative estimate of drug-likeness (QED) is 0.0312. The molecule has 36 heteroatoms. The van der Waals surface area contributed by atoms with Crippen molar-refractivity contribution in [2.45, 2.75) is 98.7 Å². The van der Waals surface area contributed by atoms with Crippen LogP contribution in [0.5, 0.6) is 0 Å². The highest BCUT2D eigenvalue weighted by atomic mass is 32.1. The lowest BCUT2D eigenvalue weighted by Gasteiger charge is -2.27. The van der Waals surface area contributed by atoms with Gasteiger partial charge in [-0.1, -0.05) is 54.6 Å². The lowest BCUT2D eigenvalue weighted by molar-refractivity contribution is 0.122. The summed E-state index contributed by atoms with van der Waals surface area (Å²) in [5.74, 6) is 8.96. The van der Waals surface area contributed by atoms with Crippen molar-refractivity contribution < 1.29 is 9.47 Å². The molecule has 0 spiro atoms. The standard InChI is InChI=1S/C22H22N8.C21H21N9.C21H20N8OS.C20H24N8O/c1-14(2)30-13-25-20-21(24-12-19-26-16-7-3-4-8-17(16)27-19)28-18(29-22(20)30)10-15-6-5-9-23-11-15;1-13(2)30-12-25-19-20(24-11-18-26-15-5-3-4-6-16(15)27-18)28-17(29-21(19)30)9-14-10-22-7-8-23-14;1-2-4-16-15(3-1)24-17(25-16)11-22-19-18-20(29(13-23-18)14-5-10-31-12-14)27-21(26-19)28-6-8-30-9-7-28;1-13(2)28-12-22-17-18(21-11-16-23-14-5-3-4-6-15(14)24-16)25-20(26-19(17)28)27-7-9-29-10-8-27/h3-9,11,13-14H,10,12H2,1-2H3,(H,26,27)(H,24,28,29);3-8,10,12-13H,9,11H2,1-2H3,(H,26,27)(H,24,28,29);1-5,10,12-13H,6-9,11H2,(H,24,25)(H,22,26,27);3-6,12-13H,7-11H2,1-2H3,(H,23,24)(H,21,25,26). The van der Waals surface area contributed by atoms with Crippen molar-refractivity contribution in [1.29, 1.82) is 0 Å². The Morgan fingerprint density at radius 2 is 0.783 bits per heavy atom. The van der Waals surface area contributed by atoms with E-state index in [0.717, 1.165) is 167 Å². The predicted molar refractivity (Wildman–Crippen MR) is 463 cm³/mol. The van der Waals surface area contributed by atoms with Gasteiger partial charge in [-0.2, -0.15) is 31.3 Å². The maximum absolute atomic E-state index is 5.50. The normalized spacial score (nSPS) is 13.1. The Labute approximate surface area is 690 Å². The Kier molecular flexibility index (Phi) is 22.3. The molecule has 0 radical (unpaired) electrons. The smallest absolute Gasteiger partial charge is 0.229 e. The Hall–Kier alpha value is -14.4. The largest absolute Gasteiger partial charge is 0.378 e. The molecule has 120 heavy (non-hydrogen) atoms. The van der Waals surface area contributed by atoms with Crippen molar-refractivity contribution in [3.05, 3.63) is 229 Å². The molecule has 19 aromatic rings. The van der Waals surface area contributed by atoms with Crippen LogP contribution in [0.4, 0.5) is 35.2 Å². The molecule has 606 valence electrons. The number of rotatable bonds is 22. The molecule has 17 heterocycles. The minimum absolute atomic E-state index is 0.234. The summed E-state index contributed by atoms with van der Waals surface area (Å²) in [4.78, 5) is 106. The fourth-order valence-corrected chi connectivity index (χ4v) is 14.8. The monoisotopic (exact) mass is 1620 g/mol. The first-order chi connectivity index (χ1) is 58.9. The molecule has 2 saturated heterocycles. The number of morpholine rings is 2. The highest BCUT2D eigenvalue weighted by Gasteiger charge is 2.25. The summed E-state index contributed by atoms with van der Waals surface area (Å²) in [6, 6.07) is 38.7. The van der Waals surface area contributed by atoms with E-state index < -0.39 is 0 Å². The van der Waals surface area contributed by atoms with Gasteiger partial charge in [0.25, 0.3) is 0 Å². The molecule has 0 bridgehead atoms. The van der Waals surface area contributed by atoms with Gasteiger partial charge in [0.1, 0.15) is 52.3 Å². The number of H-pyrrole nitrogens is 4. The van der Waals surface area contributed by atoms with Crippen molar-refractivity contribution in [2.24, 2.45) is 0 Å². The van der Waals surface area contributed by atoms with E-state index in [1.54, 1.807) is 42.5 Å². The van der Waals surface area contributed by atoms with Gasteiger partial charge in [0.05, 0.1) is 134 Å². The van der Waals surface area contributed by atoms with Crippen LogP contribution in [-0.2, 0) is 48.5 Å². The molecule has 2 aliphatic heterocycles. The average molecular weight is 1620 g/mol. The first kappa shape index (κ1) is 76.9. The molecule has 2 aliphatic rings. The van der Waals surface area contributed by atoms with E-state index >= 15 is 0 Å². The summed E-state index contributed by atoms with van der Waals surface area (Å²) in [6.07, 6.45) is 17.0. The van der Waals surface area contributed by atoms with E-state index in [2.05, 4.69) is 168 Å². The molecule has 0 aliphatic carbocycles. The average Bonchev–Trinajstić information content (AvgIpc) is 1.63. The Bertz CT molecular complexity index is 6350. The Morgan fingerprint density at radius 1 is 0.383 bits per heavy atom. The van der Waals surface area contributed by atoms with Crippen LogP contribution in [0.2, 0.25) is 0 Å². The predicted octanol–water partition coefficient (Wildman–Crippen LogP) is 13.1. The number of ether oxygens (including phenoxy) is 2. The summed E-state index contributed by atoms with van der Waals surface area (Å²) < 4.78 is 19.2. The highest BCUT2D eigenvalue weighted by molar-refractivity contribution is 7.08. The van der Waals surface area contributed by atoms with Crippen molar-refractivity contribution in [3.8, 4) is 5.69 Å². The van der Waals surface area contributed by atoms with Gasteiger partial charge >= 0.3 is 0 Å². The molecule has 8 N–H and O–H groups in total. The second-order valence-corrected chi connectivity index (χ2v) is 30.4. The number of pyridine rings is 1. The van der Waals surface area contributed by atoms with Crippen molar-refractivity contribution in [1.82, 2.24) is 133 Å². The third-order valence-electron chi connectivity index (χ3n) is 20.3. The van der Waals surface area contributed by atoms with Gasteiger partial charge in [0.2, 0.25) is 11.9 Å². The molecule has 0 saturated carbocycles. The molecular weight excluding hydrogens is 1540 g/mol. The van der Waals surface area contributed by atoms with E-state index in [9.17, 15) is 0 Å². The molecule has 2 fully saturated rings. The lowest BCUT2D eigenvalue weighted by atomic mass is 10.2. The number of thiophene rings is 1. The second-order valence-electron chi connectivity index (χ2n) is 29.6. The number of nitrogens with zero attached hydrogens (tertiary/aromatic N) is 25. The SMILES string of the molecule is CC(C)n1cnc2c(NCc3nc4ccccc4[nH]3)nc(Cc3cccnc3)nc21.CC(C)n1cnc2c(NCc3nc4ccccc4[nH]3)nc(Cc3cnccn3)nc21.CC(C)n1cnc2c(NCc3nc4ccccc4[nH]3)nc(N3CCOCC3)nc21.c1ccc2[nH]c(CNc3nc(N4CCOCC4)nc4c3ncn4-c3ccsc3)nc2c1. The van der Waals surface area contributed by atoms with Gasteiger partial charge in [0, 0.05) is 87.1 Å². The third kappa shape index (κ3) is 17.1. The first-order valence-electron chi connectivity index (χ1n) is 39.9. The molecule has 21 rings (SSSR count). The lowest BCUT2D eigenvalue weighted by Crippen LogP contribution is -2.37. The minimum Gasteiger partial charge on any atom is -0.378 e. The van der Waals surface area contributed by atoms with Crippen molar-refractivity contribution in [3.63, 3.8) is 0 Å². The fourth-order valence-electron chi connectivity index (χ4n) is 14.2. The van der Waals surface area contributed by atoms with Gasteiger partial charge in [-0.3, -0.25) is 19.5 Å². The number of aromatic nitrogens is 27. The summed E-state index contributed by atoms with van der Waals surface area (Å²) in [7, 11) is 0. The number of hydrogen-bond acceptors (Lipinski definition) is 28. The van der Waals surface area contributed by atoms with Crippen molar-refractivity contribution >= 4 is 135 Å². The van der Waals surface area contributed by atoms with E-state index in [1.807, 2.05) is 149 Å². The van der Waals surface area contributed by atoms with Gasteiger partial charge < -0.3 is 74.2 Å². The molecular formula is C84H87N33O2S. The van der Waals surface area contributed by atoms with Gasteiger partial charge in [-0.25, -0.2) is 59.8 Å². The molecule has 0 unspecified atom stereocenters. The molecule has 0 atom stereocenters. The molecule has 15 aromatic heterocycles. The minimum atomic E-state index is 0.234. The van der Waals surface area contributed by atoms with Crippen LogP contribution in [-0.4, -0.2) is 186 Å². The number of nitrogens with one attached hydrogen (secondary N) is 8. The number of imidazole rings is 8. The Balaban J connectivity index is 0.000000110. The number of anilines is 6. The zero-order chi connectivity index (χ0) is 81.4. The van der Waals surface area contributed by atoms with Crippen LogP contribution in [0.3, 0.4) is 0 Å². The van der Waals surface area contributed by atoms with Crippen LogP contribution in [0.15, 0.2) is 182 Å². The van der Waals surface area contributed by atoms with E-state index in [1.165, 1.54) is 0 Å². The number of para-hydroxylation sites is 8. The Morgan fingerprint density at radius 3 is 1.18 bits per heavy atom. The van der Waals surface area contributed by atoms with Crippen LogP contribution in [0, 0.1) is 0 Å². The maximum Gasteiger partial charge on any atom is 0.229 e. The number of aromatic amines is 4. The van der Waals surface area contributed by atoms with Crippen LogP contribution >= 0.6 is 11.3 Å². The zero-order valence-electron chi connectivity index (χ0n) is 66.9. The topological polar surface area (TPSA) is 401 Å². The van der Waals surface area contributed by atoms with E-state index in [0.29, 0.717) is 101 Å². The number of benzene rings is 4. The summed E-state index contributed by atoms with van der Waals surface area (Å²) in [5, 5.41) is 17.8. The van der Waals surface area contributed by atoms with Crippen LogP contribution < -0.4 is 31.1 Å². The van der Waals surface area contributed by atoms with E-state index in [-0.39, 0.29) is 18.1 Å². The molecule has 35 nitrogen and oxygen atoms in total. The van der Waals surface area contributed by atoms with Gasteiger partial charge in [0.15, 0.2) is 56.9 Å². The summed E-state index contributed by atoms with van der Waals surface area (Å²) in [6.45, 7) is 20.6. The zero-order valence-corrected chi connectivity index (χ0v) is 67.7. The van der Waals surface area contributed by atoms with Crippen LogP contribution in [0.25, 0.3) is 94.5 Å². The second kappa shape index (κ2) is 34.8. The van der Waals surface area contributed by atoms with Gasteiger partial charge in [-0.15, -0.1) is 0 Å². The molecule has 4 aromatic carbocycles. The van der Waals surface area contributed by atoms with E-state index in [4.69, 9.17) is 49.3 Å². The first-order valence-corrected chi connectivity index (χ1v) is 40.8. The fraction of sp³-hybridized carbons (Fsp3) is 0.274. The third-order valence-corrected chi connectivity index (χ3v) is 20.9. The summed E-state index contributed by atoms with van der Waals surface area (Å²) >= 11 is 1.65. The maximum atomic E-state index is 5.50. The van der Waals surface area contributed by atoms with Crippen LogP contribution in [0.1, 0.15) is 106 Å². The van der Waals surface area contributed by atoms with Crippen molar-refractivity contribution in [2.75, 3.05) is 83.7 Å². The molecule has 0 amide bonds. The van der Waals surface area contributed by atoms with Gasteiger partial charge in [-0.05, 0) is 113 Å². The highest BCUT2D eigenvalue weighted by Crippen LogP contribution is 2.31. The number of fused-ring (bicyclic) bond motifs is 8.